The molecule has 1 N–H and O–H groups in total. The van der Waals surface area contributed by atoms with Crippen molar-refractivity contribution in [3.8, 4) is 5.75 Å². The van der Waals surface area contributed by atoms with E-state index in [0.717, 1.165) is 18.6 Å². The summed E-state index contributed by atoms with van der Waals surface area (Å²) >= 11 is 0. The summed E-state index contributed by atoms with van der Waals surface area (Å²) in [7, 11) is 0. The fourth-order valence-corrected chi connectivity index (χ4v) is 3.08. The number of fused-ring (bicyclic) bond motifs is 2. The number of rotatable bonds is 3. The fourth-order valence-electron chi connectivity index (χ4n) is 3.08. The third kappa shape index (κ3) is 2.01. The number of ether oxygens (including phenoxy) is 1. The first-order valence-corrected chi connectivity index (χ1v) is 6.48. The Morgan fingerprint density at radius 1 is 1.53 bits per heavy atom. The molecule has 2 unspecified atom stereocenters. The van der Waals surface area contributed by atoms with E-state index in [2.05, 4.69) is 18.0 Å². The van der Waals surface area contributed by atoms with Crippen molar-refractivity contribution in [2.75, 3.05) is 13.2 Å². The van der Waals surface area contributed by atoms with Crippen LogP contribution in [0.2, 0.25) is 0 Å². The smallest absolute Gasteiger partial charge is 0.279 e. The van der Waals surface area contributed by atoms with Crippen molar-refractivity contribution >= 4 is 5.91 Å². The van der Waals surface area contributed by atoms with Crippen LogP contribution in [0.25, 0.3) is 0 Å². The van der Waals surface area contributed by atoms with Gasteiger partial charge in [-0.15, -0.1) is 0 Å². The summed E-state index contributed by atoms with van der Waals surface area (Å²) in [5.74, 6) is -0.331. The molecule has 1 aromatic rings. The van der Waals surface area contributed by atoms with Gasteiger partial charge >= 0.3 is 0 Å². The summed E-state index contributed by atoms with van der Waals surface area (Å²) in [6.45, 7) is 4.20. The predicted molar refractivity (Wildman–Crippen MR) is 69.6 cm³/mol. The van der Waals surface area contributed by atoms with Crippen LogP contribution in [-0.2, 0) is 10.2 Å². The van der Waals surface area contributed by atoms with Gasteiger partial charge in [0.2, 0.25) is 0 Å². The van der Waals surface area contributed by atoms with Crippen LogP contribution in [0.1, 0.15) is 18.4 Å². The lowest BCUT2D eigenvalue weighted by atomic mass is 9.87. The van der Waals surface area contributed by atoms with Crippen LogP contribution in [0.3, 0.4) is 0 Å². The molecule has 0 radical (unpaired) electrons. The minimum atomic E-state index is -0.929. The molecular weight excluding hydrogens is 245 g/mol. The Morgan fingerprint density at radius 2 is 2.32 bits per heavy atom. The van der Waals surface area contributed by atoms with E-state index < -0.39 is 11.7 Å². The van der Waals surface area contributed by atoms with Crippen LogP contribution < -0.4 is 10.1 Å². The second-order valence-electron chi connectivity index (χ2n) is 5.27. The highest BCUT2D eigenvalue weighted by Gasteiger charge is 2.57. The molecule has 1 heterocycles. The van der Waals surface area contributed by atoms with Crippen molar-refractivity contribution in [2.45, 2.75) is 18.3 Å². The maximum absolute atomic E-state index is 12.6. The SMILES string of the molecule is C=C(F)C(=O)NCC1CC12CCOc1ccccc12. The van der Waals surface area contributed by atoms with Gasteiger partial charge in [-0.25, -0.2) is 4.39 Å². The van der Waals surface area contributed by atoms with Gasteiger partial charge < -0.3 is 10.1 Å². The zero-order chi connectivity index (χ0) is 13.5. The van der Waals surface area contributed by atoms with Crippen molar-refractivity contribution in [3.63, 3.8) is 0 Å². The van der Waals surface area contributed by atoms with E-state index >= 15 is 0 Å². The molecule has 4 heteroatoms. The zero-order valence-corrected chi connectivity index (χ0v) is 10.6. The minimum Gasteiger partial charge on any atom is -0.493 e. The van der Waals surface area contributed by atoms with Gasteiger partial charge in [0.15, 0.2) is 5.83 Å². The number of halogens is 1. The lowest BCUT2D eigenvalue weighted by Crippen LogP contribution is -2.29. The quantitative estimate of drug-likeness (QED) is 0.848. The normalized spacial score (nSPS) is 27.3. The molecule has 1 fully saturated rings. The fraction of sp³-hybridized carbons (Fsp3) is 0.400. The van der Waals surface area contributed by atoms with E-state index in [1.165, 1.54) is 5.56 Å². The van der Waals surface area contributed by atoms with Gasteiger partial charge in [-0.3, -0.25) is 4.79 Å². The van der Waals surface area contributed by atoms with E-state index in [1.807, 2.05) is 18.2 Å². The molecule has 2 aliphatic rings. The van der Waals surface area contributed by atoms with Crippen molar-refractivity contribution < 1.29 is 13.9 Å². The van der Waals surface area contributed by atoms with E-state index in [4.69, 9.17) is 4.74 Å². The molecule has 0 bridgehead atoms. The van der Waals surface area contributed by atoms with Gasteiger partial charge in [-0.2, -0.15) is 0 Å². The van der Waals surface area contributed by atoms with Gasteiger partial charge in [0, 0.05) is 17.5 Å². The summed E-state index contributed by atoms with van der Waals surface area (Å²) < 4.78 is 18.3. The third-order valence-corrected chi connectivity index (χ3v) is 4.22. The monoisotopic (exact) mass is 261 g/mol. The number of para-hydroxylation sites is 1. The van der Waals surface area contributed by atoms with Gasteiger partial charge in [-0.1, -0.05) is 24.8 Å². The molecule has 3 nitrogen and oxygen atoms in total. The zero-order valence-electron chi connectivity index (χ0n) is 10.6. The Morgan fingerprint density at radius 3 is 3.11 bits per heavy atom. The molecule has 1 aromatic carbocycles. The van der Waals surface area contributed by atoms with Gasteiger partial charge in [0.25, 0.3) is 5.91 Å². The molecule has 1 saturated carbocycles. The average molecular weight is 261 g/mol. The van der Waals surface area contributed by atoms with Crippen LogP contribution in [0.4, 0.5) is 4.39 Å². The Labute approximate surface area is 111 Å². The molecule has 2 atom stereocenters. The van der Waals surface area contributed by atoms with Crippen molar-refractivity contribution in [3.05, 3.63) is 42.2 Å². The first-order chi connectivity index (χ1) is 9.13. The highest BCUT2D eigenvalue weighted by molar-refractivity contribution is 5.90. The standard InChI is InChI=1S/C15H16FNO2/c1-10(16)14(18)17-9-11-8-15(11)6-7-19-13-5-3-2-4-12(13)15/h2-5,11H,1,6-9H2,(H,17,18). The Kier molecular flexibility index (Phi) is 2.81. The summed E-state index contributed by atoms with van der Waals surface area (Å²) in [6, 6.07) is 8.04. The number of amides is 1. The van der Waals surface area contributed by atoms with E-state index in [1.54, 1.807) is 0 Å². The summed E-state index contributed by atoms with van der Waals surface area (Å²) in [5.41, 5.74) is 1.33. The number of carbonyl (C=O) groups is 1. The summed E-state index contributed by atoms with van der Waals surface area (Å²) in [4.78, 5) is 11.2. The second kappa shape index (κ2) is 4.37. The third-order valence-electron chi connectivity index (χ3n) is 4.22. The molecule has 0 aromatic heterocycles. The summed E-state index contributed by atoms with van der Waals surface area (Å²) in [5, 5.41) is 2.59. The topological polar surface area (TPSA) is 38.3 Å². The number of carbonyl (C=O) groups excluding carboxylic acids is 1. The Bertz CT molecular complexity index is 543. The van der Waals surface area contributed by atoms with E-state index in [0.29, 0.717) is 19.1 Å². The van der Waals surface area contributed by atoms with Crippen LogP contribution in [0.5, 0.6) is 5.75 Å². The Hall–Kier alpha value is -1.84. The average Bonchev–Trinajstić information content (AvgIpc) is 3.10. The molecule has 19 heavy (non-hydrogen) atoms. The second-order valence-corrected chi connectivity index (χ2v) is 5.27. The number of nitrogens with one attached hydrogen (secondary N) is 1. The molecule has 1 amide bonds. The molecule has 1 aliphatic carbocycles. The van der Waals surface area contributed by atoms with Crippen LogP contribution in [-0.4, -0.2) is 19.1 Å². The minimum absolute atomic E-state index is 0.111. The van der Waals surface area contributed by atoms with E-state index in [-0.39, 0.29) is 5.41 Å². The largest absolute Gasteiger partial charge is 0.493 e. The first-order valence-electron chi connectivity index (χ1n) is 6.48. The van der Waals surface area contributed by atoms with Crippen LogP contribution in [0.15, 0.2) is 36.7 Å². The highest BCUT2D eigenvalue weighted by atomic mass is 19.1. The van der Waals surface area contributed by atoms with Crippen molar-refractivity contribution in [2.24, 2.45) is 5.92 Å². The number of hydrogen-bond donors (Lipinski definition) is 1. The van der Waals surface area contributed by atoms with Crippen molar-refractivity contribution in [1.82, 2.24) is 5.32 Å². The van der Waals surface area contributed by atoms with Gasteiger partial charge in [-0.05, 0) is 24.8 Å². The molecule has 0 saturated heterocycles. The lowest BCUT2D eigenvalue weighted by molar-refractivity contribution is -0.118. The Balaban J connectivity index is 1.71. The molecule has 3 rings (SSSR count). The van der Waals surface area contributed by atoms with Crippen molar-refractivity contribution in [1.29, 1.82) is 0 Å². The number of hydrogen-bond acceptors (Lipinski definition) is 2. The molecule has 100 valence electrons. The first kappa shape index (κ1) is 12.2. The van der Waals surface area contributed by atoms with Crippen LogP contribution >= 0.6 is 0 Å². The maximum Gasteiger partial charge on any atom is 0.279 e. The van der Waals surface area contributed by atoms with Gasteiger partial charge in [0.1, 0.15) is 5.75 Å². The molecule has 1 spiro atoms. The molecular formula is C15H16FNO2. The summed E-state index contributed by atoms with van der Waals surface area (Å²) in [6.07, 6.45) is 1.98. The predicted octanol–water partition coefficient (Wildman–Crippen LogP) is 2.33. The lowest BCUT2D eigenvalue weighted by Gasteiger charge is -2.27. The molecule has 1 aliphatic heterocycles. The highest BCUT2D eigenvalue weighted by Crippen LogP contribution is 2.60. The number of benzene rings is 1. The van der Waals surface area contributed by atoms with Crippen LogP contribution in [0, 0.1) is 5.92 Å². The van der Waals surface area contributed by atoms with E-state index in [9.17, 15) is 9.18 Å². The van der Waals surface area contributed by atoms with Gasteiger partial charge in [0.05, 0.1) is 6.61 Å². The maximum atomic E-state index is 12.6.